The van der Waals surface area contributed by atoms with Crippen LogP contribution < -0.4 is 9.62 Å². The zero-order valence-electron chi connectivity index (χ0n) is 21.2. The van der Waals surface area contributed by atoms with Crippen molar-refractivity contribution in [3.63, 3.8) is 0 Å². The average molecular weight is 507 g/mol. The smallest absolute Gasteiger partial charge is 0.304 e. The molecule has 0 aliphatic rings. The van der Waals surface area contributed by atoms with Gasteiger partial charge in [-0.05, 0) is 50.5 Å². The quantitative estimate of drug-likeness (QED) is 0.507. The summed E-state index contributed by atoms with van der Waals surface area (Å²) in [5.41, 5.74) is 2.08. The van der Waals surface area contributed by atoms with Crippen LogP contribution in [0.5, 0.6) is 0 Å². The normalized spacial score (nSPS) is 12.3. The predicted molar refractivity (Wildman–Crippen MR) is 136 cm³/mol. The average Bonchev–Trinajstić information content (AvgIpc) is 2.81. The molecule has 2 amide bonds. The summed E-state index contributed by atoms with van der Waals surface area (Å²) >= 11 is 0. The fourth-order valence-electron chi connectivity index (χ4n) is 3.48. The molecule has 0 radical (unpaired) electrons. The summed E-state index contributed by atoms with van der Waals surface area (Å²) in [6, 6.07) is 10.4. The number of nitrogens with one attached hydrogen (secondary N) is 1. The number of amides is 2. The van der Waals surface area contributed by atoms with Crippen LogP contribution in [0.25, 0.3) is 0 Å². The molecule has 0 unspecified atom stereocenters. The maximum absolute atomic E-state index is 14.4. The lowest BCUT2D eigenvalue weighted by atomic mass is 10.1. The lowest BCUT2D eigenvalue weighted by Gasteiger charge is -2.33. The Balaban J connectivity index is 2.51. The zero-order chi connectivity index (χ0) is 26.3. The minimum atomic E-state index is -4.06. The first-order chi connectivity index (χ1) is 16.4. The summed E-state index contributed by atoms with van der Waals surface area (Å²) in [7, 11) is -1.29. The Kier molecular flexibility index (Phi) is 9.79. The van der Waals surface area contributed by atoms with E-state index in [9.17, 15) is 22.4 Å². The van der Waals surface area contributed by atoms with Gasteiger partial charge in [-0.3, -0.25) is 9.59 Å². The number of halogens is 1. The van der Waals surface area contributed by atoms with Crippen molar-refractivity contribution < 1.29 is 22.4 Å². The van der Waals surface area contributed by atoms with Gasteiger partial charge in [-0.25, -0.2) is 8.70 Å². The van der Waals surface area contributed by atoms with E-state index in [1.54, 1.807) is 32.0 Å². The van der Waals surface area contributed by atoms with Crippen molar-refractivity contribution >= 4 is 27.7 Å². The highest BCUT2D eigenvalue weighted by atomic mass is 32.2. The number of carbonyl (C=O) groups excluding carboxylic acids is 2. The summed E-state index contributed by atoms with van der Waals surface area (Å²) in [5, 5.41) is 2.75. The van der Waals surface area contributed by atoms with E-state index in [1.807, 2.05) is 19.9 Å². The Labute approximate surface area is 207 Å². The van der Waals surface area contributed by atoms with Gasteiger partial charge in [-0.1, -0.05) is 37.3 Å². The highest BCUT2D eigenvalue weighted by Gasteiger charge is 2.33. The topological polar surface area (TPSA) is 90.0 Å². The van der Waals surface area contributed by atoms with E-state index in [0.717, 1.165) is 14.2 Å². The van der Waals surface area contributed by atoms with Crippen molar-refractivity contribution in [2.75, 3.05) is 31.5 Å². The van der Waals surface area contributed by atoms with Gasteiger partial charge in [0.1, 0.15) is 18.4 Å². The van der Waals surface area contributed by atoms with Crippen LogP contribution in [-0.4, -0.2) is 62.7 Å². The van der Waals surface area contributed by atoms with Crippen LogP contribution in [0.4, 0.5) is 10.1 Å². The van der Waals surface area contributed by atoms with E-state index in [1.165, 1.54) is 37.2 Å². The maximum atomic E-state index is 14.4. The highest BCUT2D eigenvalue weighted by molar-refractivity contribution is 7.90. The standard InChI is InChI=1S/C25H35FN4O4S/c1-7-14-27-25(32)20(4)29(16-21-10-8-9-11-22(21)26)24(31)17-30(35(33,34)28(5)6)23-15-18(2)12-13-19(23)3/h8-13,15,20H,7,14,16-17H2,1-6H3,(H,27,32)/t20-/m0/s1. The zero-order valence-corrected chi connectivity index (χ0v) is 22.0. The number of anilines is 1. The SMILES string of the molecule is CCCNC(=O)[C@H](C)N(Cc1ccccc1F)C(=O)CN(c1cc(C)ccc1C)S(=O)(=O)N(C)C. The molecule has 2 aromatic rings. The van der Waals surface area contributed by atoms with Crippen LogP contribution in [0.15, 0.2) is 42.5 Å². The van der Waals surface area contributed by atoms with Crippen molar-refractivity contribution in [1.82, 2.24) is 14.5 Å². The molecule has 2 aromatic carbocycles. The number of benzene rings is 2. The Hall–Kier alpha value is -2.98. The van der Waals surface area contributed by atoms with Crippen molar-refractivity contribution in [2.24, 2.45) is 0 Å². The summed E-state index contributed by atoms with van der Waals surface area (Å²) in [6.07, 6.45) is 0.710. The molecule has 1 atom stereocenters. The van der Waals surface area contributed by atoms with Gasteiger partial charge in [0.2, 0.25) is 11.8 Å². The van der Waals surface area contributed by atoms with Crippen LogP contribution in [0.3, 0.4) is 0 Å². The third-order valence-corrected chi connectivity index (χ3v) is 7.47. The Morgan fingerprint density at radius 2 is 1.74 bits per heavy atom. The fraction of sp³-hybridized carbons (Fsp3) is 0.440. The Morgan fingerprint density at radius 3 is 2.34 bits per heavy atom. The van der Waals surface area contributed by atoms with Gasteiger partial charge < -0.3 is 10.2 Å². The summed E-state index contributed by atoms with van der Waals surface area (Å²) in [4.78, 5) is 27.6. The number of rotatable bonds is 11. The molecule has 0 bridgehead atoms. The van der Waals surface area contributed by atoms with E-state index >= 15 is 0 Å². The molecule has 0 spiro atoms. The van der Waals surface area contributed by atoms with E-state index in [0.29, 0.717) is 24.2 Å². The molecule has 0 aliphatic heterocycles. The van der Waals surface area contributed by atoms with Crippen LogP contribution >= 0.6 is 0 Å². The molecule has 35 heavy (non-hydrogen) atoms. The molecule has 0 saturated heterocycles. The van der Waals surface area contributed by atoms with Gasteiger partial charge in [0, 0.05) is 32.7 Å². The first-order valence-corrected chi connectivity index (χ1v) is 12.9. The van der Waals surface area contributed by atoms with Crippen molar-refractivity contribution in [2.45, 2.75) is 46.7 Å². The van der Waals surface area contributed by atoms with Crippen molar-refractivity contribution in [1.29, 1.82) is 0 Å². The van der Waals surface area contributed by atoms with Gasteiger partial charge >= 0.3 is 10.2 Å². The lowest BCUT2D eigenvalue weighted by Crippen LogP contribution is -2.52. The second-order valence-corrected chi connectivity index (χ2v) is 10.7. The van der Waals surface area contributed by atoms with E-state index in [-0.39, 0.29) is 12.1 Å². The lowest BCUT2D eigenvalue weighted by molar-refractivity contribution is -0.139. The third-order valence-electron chi connectivity index (χ3n) is 5.67. The highest BCUT2D eigenvalue weighted by Crippen LogP contribution is 2.26. The monoisotopic (exact) mass is 506 g/mol. The molecule has 2 rings (SSSR count). The molecule has 0 saturated carbocycles. The largest absolute Gasteiger partial charge is 0.354 e. The molecule has 0 fully saturated rings. The summed E-state index contributed by atoms with van der Waals surface area (Å²) < 4.78 is 43.0. The van der Waals surface area contributed by atoms with Gasteiger partial charge in [-0.15, -0.1) is 0 Å². The second-order valence-electron chi connectivity index (χ2n) is 8.67. The van der Waals surface area contributed by atoms with Crippen LogP contribution in [-0.2, 0) is 26.3 Å². The molecule has 1 N–H and O–H groups in total. The van der Waals surface area contributed by atoms with Crippen molar-refractivity contribution in [3.05, 3.63) is 65.0 Å². The Bertz CT molecular complexity index is 1150. The molecule has 192 valence electrons. The predicted octanol–water partition coefficient (Wildman–Crippen LogP) is 3.00. The maximum Gasteiger partial charge on any atom is 0.304 e. The number of carbonyl (C=O) groups is 2. The number of aryl methyl sites for hydroxylation is 2. The number of hydrogen-bond donors (Lipinski definition) is 1. The molecule has 8 nitrogen and oxygen atoms in total. The van der Waals surface area contributed by atoms with E-state index in [4.69, 9.17) is 0 Å². The first kappa shape index (κ1) is 28.3. The second kappa shape index (κ2) is 12.1. The molecule has 0 aromatic heterocycles. The summed E-state index contributed by atoms with van der Waals surface area (Å²) in [6.45, 7) is 6.73. The number of nitrogens with zero attached hydrogens (tertiary/aromatic N) is 3. The van der Waals surface area contributed by atoms with Crippen LogP contribution in [0, 0.1) is 19.7 Å². The van der Waals surface area contributed by atoms with E-state index in [2.05, 4.69) is 5.32 Å². The molecule has 10 heteroatoms. The van der Waals surface area contributed by atoms with Gasteiger partial charge in [0.05, 0.1) is 5.69 Å². The minimum Gasteiger partial charge on any atom is -0.354 e. The van der Waals surface area contributed by atoms with Crippen molar-refractivity contribution in [3.8, 4) is 0 Å². The number of hydrogen-bond acceptors (Lipinski definition) is 4. The van der Waals surface area contributed by atoms with Gasteiger partial charge in [0.15, 0.2) is 0 Å². The first-order valence-electron chi connectivity index (χ1n) is 11.5. The fourth-order valence-corrected chi connectivity index (χ4v) is 4.59. The van der Waals surface area contributed by atoms with Crippen LogP contribution in [0.1, 0.15) is 37.0 Å². The van der Waals surface area contributed by atoms with Gasteiger partial charge in [0.25, 0.3) is 0 Å². The van der Waals surface area contributed by atoms with Gasteiger partial charge in [-0.2, -0.15) is 12.7 Å². The molecule has 0 aliphatic carbocycles. The third kappa shape index (κ3) is 7.02. The van der Waals surface area contributed by atoms with Crippen LogP contribution in [0.2, 0.25) is 0 Å². The molecular weight excluding hydrogens is 471 g/mol. The summed E-state index contributed by atoms with van der Waals surface area (Å²) in [5.74, 6) is -1.54. The minimum absolute atomic E-state index is 0.186. The van der Waals surface area contributed by atoms with E-state index < -0.39 is 40.4 Å². The Morgan fingerprint density at radius 1 is 1.09 bits per heavy atom. The molecule has 0 heterocycles. The molecular formula is C25H35FN4O4S.